The molecule has 0 fully saturated rings. The summed E-state index contributed by atoms with van der Waals surface area (Å²) in [7, 11) is 1.93. The van der Waals surface area contributed by atoms with Crippen molar-refractivity contribution in [1.82, 2.24) is 4.57 Å². The van der Waals surface area contributed by atoms with Crippen LogP contribution in [-0.4, -0.2) is 4.57 Å². The predicted molar refractivity (Wildman–Crippen MR) is 59.0 cm³/mol. The van der Waals surface area contributed by atoms with Gasteiger partial charge in [0, 0.05) is 18.6 Å². The van der Waals surface area contributed by atoms with Gasteiger partial charge in [-0.3, -0.25) is 0 Å². The van der Waals surface area contributed by atoms with Gasteiger partial charge in [-0.05, 0) is 30.7 Å². The number of rotatable bonds is 0. The fourth-order valence-electron chi connectivity index (χ4n) is 1.56. The molecule has 0 amide bonds. The fraction of sp³-hybridized carbons (Fsp3) is 0.333. The standard InChI is InChI=1S/C10H10FN.C2H6/c1-7-6-12(2)10-5-8(11)3-4-9(7)10;1-2/h3-6H,1-2H3;1-2H3. The van der Waals surface area contributed by atoms with Gasteiger partial charge < -0.3 is 4.57 Å². The highest BCUT2D eigenvalue weighted by atomic mass is 19.1. The van der Waals surface area contributed by atoms with Gasteiger partial charge in [0.05, 0.1) is 5.52 Å². The van der Waals surface area contributed by atoms with Crippen LogP contribution in [0.15, 0.2) is 24.4 Å². The third kappa shape index (κ3) is 1.79. The Hall–Kier alpha value is -1.31. The minimum absolute atomic E-state index is 0.177. The Morgan fingerprint density at radius 2 is 1.86 bits per heavy atom. The summed E-state index contributed by atoms with van der Waals surface area (Å²) < 4.78 is 14.8. The SMILES string of the molecule is CC.Cc1cn(C)c2cc(F)ccc12. The summed E-state index contributed by atoms with van der Waals surface area (Å²) in [6.45, 7) is 6.03. The van der Waals surface area contributed by atoms with Gasteiger partial charge in [-0.1, -0.05) is 13.8 Å². The van der Waals surface area contributed by atoms with Crippen molar-refractivity contribution in [3.8, 4) is 0 Å². The molecule has 0 spiro atoms. The molecule has 0 bridgehead atoms. The highest BCUT2D eigenvalue weighted by Gasteiger charge is 2.02. The van der Waals surface area contributed by atoms with Gasteiger partial charge >= 0.3 is 0 Å². The lowest BCUT2D eigenvalue weighted by Gasteiger charge is -1.94. The summed E-state index contributed by atoms with van der Waals surface area (Å²) in [6, 6.07) is 4.87. The molecule has 1 aromatic heterocycles. The van der Waals surface area contributed by atoms with Crippen LogP contribution in [0, 0.1) is 12.7 Å². The van der Waals surface area contributed by atoms with Gasteiger partial charge in [-0.25, -0.2) is 4.39 Å². The first-order valence-corrected chi connectivity index (χ1v) is 4.89. The molecular formula is C12H16FN. The molecule has 0 aliphatic rings. The van der Waals surface area contributed by atoms with Gasteiger partial charge in [-0.2, -0.15) is 0 Å². The highest BCUT2D eigenvalue weighted by Crippen LogP contribution is 2.20. The minimum atomic E-state index is -0.177. The smallest absolute Gasteiger partial charge is 0.125 e. The van der Waals surface area contributed by atoms with Crippen LogP contribution in [0.1, 0.15) is 19.4 Å². The number of nitrogens with zero attached hydrogens (tertiary/aromatic N) is 1. The molecule has 0 atom stereocenters. The van der Waals surface area contributed by atoms with E-state index in [0.717, 1.165) is 10.9 Å². The number of halogens is 1. The molecule has 1 nitrogen and oxygen atoms in total. The monoisotopic (exact) mass is 193 g/mol. The summed E-state index contributed by atoms with van der Waals surface area (Å²) in [4.78, 5) is 0. The molecule has 14 heavy (non-hydrogen) atoms. The van der Waals surface area contributed by atoms with Crippen LogP contribution in [0.2, 0.25) is 0 Å². The van der Waals surface area contributed by atoms with E-state index in [9.17, 15) is 4.39 Å². The van der Waals surface area contributed by atoms with Crippen molar-refractivity contribution >= 4 is 10.9 Å². The first-order chi connectivity index (χ1) is 6.68. The Kier molecular flexibility index (Phi) is 3.28. The second-order valence-electron chi connectivity index (χ2n) is 3.08. The van der Waals surface area contributed by atoms with Gasteiger partial charge in [0.1, 0.15) is 5.82 Å². The Bertz CT molecular complexity index is 429. The van der Waals surface area contributed by atoms with E-state index >= 15 is 0 Å². The Balaban J connectivity index is 0.000000461. The van der Waals surface area contributed by atoms with Crippen molar-refractivity contribution < 1.29 is 4.39 Å². The maximum atomic E-state index is 12.8. The normalized spacial score (nSPS) is 9.79. The summed E-state index contributed by atoms with van der Waals surface area (Å²) in [6.07, 6.45) is 2.00. The molecule has 2 heteroatoms. The summed E-state index contributed by atoms with van der Waals surface area (Å²) in [5.74, 6) is -0.177. The van der Waals surface area contributed by atoms with Crippen LogP contribution in [0.5, 0.6) is 0 Å². The van der Waals surface area contributed by atoms with Crippen LogP contribution < -0.4 is 0 Å². The highest BCUT2D eigenvalue weighted by molar-refractivity contribution is 5.83. The molecule has 2 rings (SSSR count). The summed E-state index contributed by atoms with van der Waals surface area (Å²) in [5, 5.41) is 1.12. The van der Waals surface area contributed by atoms with Crippen molar-refractivity contribution in [3.63, 3.8) is 0 Å². The fourth-order valence-corrected chi connectivity index (χ4v) is 1.56. The second kappa shape index (κ2) is 4.27. The zero-order valence-electron chi connectivity index (χ0n) is 9.13. The van der Waals surface area contributed by atoms with Crippen molar-refractivity contribution in [2.75, 3.05) is 0 Å². The maximum Gasteiger partial charge on any atom is 0.125 e. The topological polar surface area (TPSA) is 4.93 Å². The van der Waals surface area contributed by atoms with E-state index in [-0.39, 0.29) is 5.82 Å². The lowest BCUT2D eigenvalue weighted by molar-refractivity contribution is 0.629. The predicted octanol–water partition coefficient (Wildman–Crippen LogP) is 3.65. The molecule has 0 saturated carbocycles. The van der Waals surface area contributed by atoms with E-state index in [1.807, 2.05) is 44.6 Å². The molecule has 1 aromatic carbocycles. The van der Waals surface area contributed by atoms with E-state index in [1.54, 1.807) is 6.07 Å². The number of hydrogen-bond acceptors (Lipinski definition) is 0. The summed E-state index contributed by atoms with van der Waals surface area (Å²) >= 11 is 0. The Morgan fingerprint density at radius 3 is 2.50 bits per heavy atom. The van der Waals surface area contributed by atoms with Gasteiger partial charge in [0.15, 0.2) is 0 Å². The van der Waals surface area contributed by atoms with E-state index in [0.29, 0.717) is 0 Å². The third-order valence-corrected chi connectivity index (χ3v) is 2.15. The average Bonchev–Trinajstić information content (AvgIpc) is 2.46. The van der Waals surface area contributed by atoms with E-state index < -0.39 is 0 Å². The average molecular weight is 193 g/mol. The molecule has 0 aliphatic carbocycles. The van der Waals surface area contributed by atoms with Gasteiger partial charge in [0.25, 0.3) is 0 Å². The largest absolute Gasteiger partial charge is 0.350 e. The molecule has 0 unspecified atom stereocenters. The van der Waals surface area contributed by atoms with Crippen LogP contribution in [0.4, 0.5) is 4.39 Å². The molecular weight excluding hydrogens is 177 g/mol. The van der Waals surface area contributed by atoms with Crippen LogP contribution in [0.3, 0.4) is 0 Å². The minimum Gasteiger partial charge on any atom is -0.350 e. The molecule has 0 saturated heterocycles. The lowest BCUT2D eigenvalue weighted by Crippen LogP contribution is -1.83. The van der Waals surface area contributed by atoms with Crippen LogP contribution in [0.25, 0.3) is 10.9 Å². The number of aromatic nitrogens is 1. The first kappa shape index (κ1) is 10.8. The molecule has 76 valence electrons. The second-order valence-corrected chi connectivity index (χ2v) is 3.08. The van der Waals surface area contributed by atoms with Gasteiger partial charge in [0.2, 0.25) is 0 Å². The lowest BCUT2D eigenvalue weighted by atomic mass is 10.2. The van der Waals surface area contributed by atoms with E-state index in [2.05, 4.69) is 0 Å². The van der Waals surface area contributed by atoms with Crippen LogP contribution >= 0.6 is 0 Å². The maximum absolute atomic E-state index is 12.8. The van der Waals surface area contributed by atoms with Crippen molar-refractivity contribution in [2.45, 2.75) is 20.8 Å². The molecule has 0 aliphatic heterocycles. The Morgan fingerprint density at radius 1 is 1.21 bits per heavy atom. The summed E-state index contributed by atoms with van der Waals surface area (Å²) in [5.41, 5.74) is 2.14. The van der Waals surface area contributed by atoms with Crippen LogP contribution in [-0.2, 0) is 7.05 Å². The van der Waals surface area contributed by atoms with E-state index in [1.165, 1.54) is 11.6 Å². The third-order valence-electron chi connectivity index (χ3n) is 2.15. The molecule has 2 aromatic rings. The zero-order chi connectivity index (χ0) is 10.7. The van der Waals surface area contributed by atoms with Crippen molar-refractivity contribution in [3.05, 3.63) is 35.8 Å². The Labute approximate surface area is 84.2 Å². The van der Waals surface area contributed by atoms with Gasteiger partial charge in [-0.15, -0.1) is 0 Å². The quantitative estimate of drug-likeness (QED) is 0.602. The van der Waals surface area contributed by atoms with Crippen molar-refractivity contribution in [1.29, 1.82) is 0 Å². The number of benzene rings is 1. The zero-order valence-corrected chi connectivity index (χ0v) is 9.13. The molecule has 1 heterocycles. The number of aryl methyl sites for hydroxylation is 2. The first-order valence-electron chi connectivity index (χ1n) is 4.89. The number of fused-ring (bicyclic) bond motifs is 1. The number of hydrogen-bond donors (Lipinski definition) is 0. The van der Waals surface area contributed by atoms with Crippen molar-refractivity contribution in [2.24, 2.45) is 7.05 Å². The molecule has 0 radical (unpaired) electrons. The van der Waals surface area contributed by atoms with E-state index in [4.69, 9.17) is 0 Å². The molecule has 0 N–H and O–H groups in total.